The van der Waals surface area contributed by atoms with Crippen molar-refractivity contribution in [3.63, 3.8) is 0 Å². The standard InChI is InChI=1S/C14H20N2/c1-4-5-6-7-13-11(3)12-8-10(2)15-9-14(12)16-13/h4-7,10,15-16H,8-9H2,1-3H3/b5-4-,7-6-. The molecule has 0 saturated carbocycles. The number of rotatable bonds is 2. The number of aromatic nitrogens is 1. The van der Waals surface area contributed by atoms with E-state index in [9.17, 15) is 0 Å². The molecule has 0 saturated heterocycles. The van der Waals surface area contributed by atoms with E-state index in [4.69, 9.17) is 0 Å². The van der Waals surface area contributed by atoms with E-state index in [-0.39, 0.29) is 0 Å². The van der Waals surface area contributed by atoms with Gasteiger partial charge in [-0.1, -0.05) is 18.2 Å². The summed E-state index contributed by atoms with van der Waals surface area (Å²) in [6, 6.07) is 0.592. The van der Waals surface area contributed by atoms with Crippen LogP contribution in [0.1, 0.15) is 36.4 Å². The van der Waals surface area contributed by atoms with Gasteiger partial charge < -0.3 is 10.3 Å². The first-order valence-electron chi connectivity index (χ1n) is 5.95. The zero-order valence-corrected chi connectivity index (χ0v) is 10.3. The van der Waals surface area contributed by atoms with Crippen LogP contribution in [0.25, 0.3) is 6.08 Å². The third-order valence-electron chi connectivity index (χ3n) is 3.21. The van der Waals surface area contributed by atoms with Gasteiger partial charge in [-0.2, -0.15) is 0 Å². The third-order valence-corrected chi connectivity index (χ3v) is 3.21. The lowest BCUT2D eigenvalue weighted by Gasteiger charge is -2.20. The SMILES string of the molecule is C/C=C\C=C/c1[nH]c2c(c1C)CC(C)NC2. The Morgan fingerprint density at radius 3 is 2.88 bits per heavy atom. The molecule has 86 valence electrons. The van der Waals surface area contributed by atoms with E-state index in [1.165, 1.54) is 22.5 Å². The normalized spacial score (nSPS) is 20.8. The summed E-state index contributed by atoms with van der Waals surface area (Å²) in [6.07, 6.45) is 9.47. The highest BCUT2D eigenvalue weighted by atomic mass is 14.9. The van der Waals surface area contributed by atoms with Crippen molar-refractivity contribution in [1.29, 1.82) is 0 Å². The van der Waals surface area contributed by atoms with Gasteiger partial charge in [-0.05, 0) is 44.4 Å². The Labute approximate surface area is 97.5 Å². The van der Waals surface area contributed by atoms with Gasteiger partial charge in [0.25, 0.3) is 0 Å². The molecule has 2 N–H and O–H groups in total. The fourth-order valence-corrected chi connectivity index (χ4v) is 2.23. The van der Waals surface area contributed by atoms with Crippen LogP contribution in [0.15, 0.2) is 18.2 Å². The molecule has 2 heteroatoms. The molecule has 1 unspecified atom stereocenters. The summed E-state index contributed by atoms with van der Waals surface area (Å²) < 4.78 is 0. The molecular formula is C14H20N2. The lowest BCUT2D eigenvalue weighted by molar-refractivity contribution is 0.508. The van der Waals surface area contributed by atoms with Crippen LogP contribution >= 0.6 is 0 Å². The molecule has 1 aliphatic rings. The molecule has 0 amide bonds. The average Bonchev–Trinajstić information content (AvgIpc) is 2.57. The highest BCUT2D eigenvalue weighted by Gasteiger charge is 2.19. The van der Waals surface area contributed by atoms with Gasteiger partial charge in [-0.25, -0.2) is 0 Å². The summed E-state index contributed by atoms with van der Waals surface area (Å²) in [5.74, 6) is 0. The number of hydrogen-bond donors (Lipinski definition) is 2. The van der Waals surface area contributed by atoms with E-state index in [1.54, 1.807) is 0 Å². The van der Waals surface area contributed by atoms with E-state index >= 15 is 0 Å². The van der Waals surface area contributed by atoms with Gasteiger partial charge in [-0.3, -0.25) is 0 Å². The van der Waals surface area contributed by atoms with Gasteiger partial charge in [0.05, 0.1) is 0 Å². The van der Waals surface area contributed by atoms with Crippen molar-refractivity contribution < 1.29 is 0 Å². The quantitative estimate of drug-likeness (QED) is 0.731. The molecule has 2 heterocycles. The summed E-state index contributed by atoms with van der Waals surface area (Å²) >= 11 is 0. The largest absolute Gasteiger partial charge is 0.357 e. The van der Waals surface area contributed by atoms with Crippen molar-refractivity contribution in [2.24, 2.45) is 0 Å². The van der Waals surface area contributed by atoms with Crippen LogP contribution in [0.3, 0.4) is 0 Å². The fraction of sp³-hybridized carbons (Fsp3) is 0.429. The van der Waals surface area contributed by atoms with Crippen molar-refractivity contribution >= 4 is 6.08 Å². The second kappa shape index (κ2) is 4.71. The van der Waals surface area contributed by atoms with Gasteiger partial charge in [0.2, 0.25) is 0 Å². The molecule has 16 heavy (non-hydrogen) atoms. The third kappa shape index (κ3) is 2.12. The molecule has 1 aliphatic heterocycles. The highest BCUT2D eigenvalue weighted by Crippen LogP contribution is 2.24. The second-order valence-corrected chi connectivity index (χ2v) is 4.49. The van der Waals surface area contributed by atoms with Gasteiger partial charge >= 0.3 is 0 Å². The highest BCUT2D eigenvalue weighted by molar-refractivity contribution is 5.56. The van der Waals surface area contributed by atoms with Crippen molar-refractivity contribution in [2.45, 2.75) is 39.8 Å². The number of aromatic amines is 1. The van der Waals surface area contributed by atoms with E-state index in [0.717, 1.165) is 13.0 Å². The predicted molar refractivity (Wildman–Crippen MR) is 69.4 cm³/mol. The van der Waals surface area contributed by atoms with Crippen LogP contribution in [0.2, 0.25) is 0 Å². The summed E-state index contributed by atoms with van der Waals surface area (Å²) in [5.41, 5.74) is 5.52. The number of allylic oxidation sites excluding steroid dienone is 3. The van der Waals surface area contributed by atoms with Crippen molar-refractivity contribution in [1.82, 2.24) is 10.3 Å². The number of H-pyrrole nitrogens is 1. The van der Waals surface area contributed by atoms with Crippen LogP contribution in [0, 0.1) is 6.92 Å². The maximum Gasteiger partial charge on any atom is 0.0415 e. The van der Waals surface area contributed by atoms with E-state index < -0.39 is 0 Å². The minimum atomic E-state index is 0.592. The first-order valence-corrected chi connectivity index (χ1v) is 5.95. The van der Waals surface area contributed by atoms with Crippen molar-refractivity contribution in [3.05, 3.63) is 40.7 Å². The Bertz CT molecular complexity index is 424. The molecule has 0 spiro atoms. The first-order chi connectivity index (χ1) is 7.72. The van der Waals surface area contributed by atoms with Gasteiger partial charge in [0.15, 0.2) is 0 Å². The number of fused-ring (bicyclic) bond motifs is 1. The molecule has 0 radical (unpaired) electrons. The van der Waals surface area contributed by atoms with Crippen LogP contribution in [0.4, 0.5) is 0 Å². The molecule has 2 nitrogen and oxygen atoms in total. The number of hydrogen-bond acceptors (Lipinski definition) is 1. The zero-order chi connectivity index (χ0) is 11.5. The molecular weight excluding hydrogens is 196 g/mol. The van der Waals surface area contributed by atoms with E-state index in [2.05, 4.69) is 42.4 Å². The average molecular weight is 216 g/mol. The van der Waals surface area contributed by atoms with Gasteiger partial charge in [-0.15, -0.1) is 0 Å². The Morgan fingerprint density at radius 1 is 1.31 bits per heavy atom. The van der Waals surface area contributed by atoms with Crippen LogP contribution in [-0.4, -0.2) is 11.0 Å². The first kappa shape index (κ1) is 11.2. The second-order valence-electron chi connectivity index (χ2n) is 4.49. The Hall–Kier alpha value is -1.28. The molecule has 0 bridgehead atoms. The van der Waals surface area contributed by atoms with Crippen LogP contribution in [-0.2, 0) is 13.0 Å². The Balaban J connectivity index is 2.28. The summed E-state index contributed by atoms with van der Waals surface area (Å²) in [5, 5.41) is 3.48. The summed E-state index contributed by atoms with van der Waals surface area (Å²) in [6.45, 7) is 7.45. The maximum atomic E-state index is 3.50. The maximum absolute atomic E-state index is 3.50. The Kier molecular flexibility index (Phi) is 3.30. The Morgan fingerprint density at radius 2 is 2.12 bits per heavy atom. The molecule has 2 rings (SSSR count). The van der Waals surface area contributed by atoms with Crippen LogP contribution < -0.4 is 5.32 Å². The lowest BCUT2D eigenvalue weighted by Crippen LogP contribution is -2.32. The fourth-order valence-electron chi connectivity index (χ4n) is 2.23. The molecule has 0 aliphatic carbocycles. The lowest BCUT2D eigenvalue weighted by atomic mass is 9.99. The minimum Gasteiger partial charge on any atom is -0.357 e. The molecule has 0 aromatic carbocycles. The smallest absolute Gasteiger partial charge is 0.0415 e. The molecule has 1 aromatic heterocycles. The van der Waals surface area contributed by atoms with Crippen molar-refractivity contribution in [3.8, 4) is 0 Å². The van der Waals surface area contributed by atoms with E-state index in [1.807, 2.05) is 13.0 Å². The molecule has 1 aromatic rings. The summed E-state index contributed by atoms with van der Waals surface area (Å²) in [4.78, 5) is 3.50. The van der Waals surface area contributed by atoms with E-state index in [0.29, 0.717) is 6.04 Å². The summed E-state index contributed by atoms with van der Waals surface area (Å²) in [7, 11) is 0. The minimum absolute atomic E-state index is 0.592. The van der Waals surface area contributed by atoms with Crippen molar-refractivity contribution in [2.75, 3.05) is 0 Å². The molecule has 1 atom stereocenters. The molecule has 0 fully saturated rings. The van der Waals surface area contributed by atoms with Gasteiger partial charge in [0, 0.05) is 24.0 Å². The predicted octanol–water partition coefficient (Wildman–Crippen LogP) is 2.95. The van der Waals surface area contributed by atoms with Crippen LogP contribution in [0.5, 0.6) is 0 Å². The topological polar surface area (TPSA) is 27.8 Å². The zero-order valence-electron chi connectivity index (χ0n) is 10.3. The number of nitrogens with one attached hydrogen (secondary N) is 2. The monoisotopic (exact) mass is 216 g/mol. The van der Waals surface area contributed by atoms with Gasteiger partial charge in [0.1, 0.15) is 0 Å².